The molecule has 10 nitrogen and oxygen atoms in total. The maximum absolute atomic E-state index is 12.7. The molecule has 0 spiro atoms. The number of carbonyl (C=O) groups is 1. The van der Waals surface area contributed by atoms with Gasteiger partial charge in [-0.3, -0.25) is 14.9 Å². The molecule has 2 N–H and O–H groups in total. The Morgan fingerprint density at radius 2 is 2.14 bits per heavy atom. The van der Waals surface area contributed by atoms with E-state index < -0.39 is 4.92 Å². The molecule has 1 aliphatic rings. The van der Waals surface area contributed by atoms with Crippen LogP contribution in [0.3, 0.4) is 0 Å². The molecule has 1 saturated heterocycles. The van der Waals surface area contributed by atoms with Crippen molar-refractivity contribution in [2.24, 2.45) is 5.41 Å². The summed E-state index contributed by atoms with van der Waals surface area (Å²) >= 11 is 0. The standard InChI is InChI=1S/C18H24N6O4.ClH/c1-13-16(17(25)20-11-18(12-28-2)6-8-19-9-7-18)21-22-23(13)14-4-3-5-15(10-14)24(26)27;/h3-5,10,19H,6-9,11-12H2,1-2H3,(H,20,25);1H. The van der Waals surface area contributed by atoms with Crippen molar-refractivity contribution >= 4 is 24.0 Å². The van der Waals surface area contributed by atoms with E-state index in [1.165, 1.54) is 16.8 Å². The van der Waals surface area contributed by atoms with E-state index in [4.69, 9.17) is 4.74 Å². The zero-order valence-electron chi connectivity index (χ0n) is 16.4. The predicted octanol–water partition coefficient (Wildman–Crippen LogP) is 1.65. The molecular weight excluding hydrogens is 400 g/mol. The summed E-state index contributed by atoms with van der Waals surface area (Å²) in [6, 6.07) is 6.04. The van der Waals surface area contributed by atoms with Gasteiger partial charge >= 0.3 is 0 Å². The van der Waals surface area contributed by atoms with E-state index in [1.807, 2.05) is 0 Å². The summed E-state index contributed by atoms with van der Waals surface area (Å²) in [7, 11) is 1.67. The molecule has 1 aromatic heterocycles. The summed E-state index contributed by atoms with van der Waals surface area (Å²) < 4.78 is 6.80. The van der Waals surface area contributed by atoms with Gasteiger partial charge in [0, 0.05) is 31.2 Å². The fraction of sp³-hybridized carbons (Fsp3) is 0.500. The van der Waals surface area contributed by atoms with E-state index in [-0.39, 0.29) is 35.1 Å². The van der Waals surface area contributed by atoms with Gasteiger partial charge in [0.2, 0.25) is 0 Å². The minimum atomic E-state index is -0.475. The van der Waals surface area contributed by atoms with Crippen molar-refractivity contribution in [1.82, 2.24) is 25.6 Å². The summed E-state index contributed by atoms with van der Waals surface area (Å²) in [5.74, 6) is -0.316. The molecular formula is C18H25ClN6O4. The van der Waals surface area contributed by atoms with Crippen molar-refractivity contribution in [2.75, 3.05) is 33.4 Å². The Balaban J connectivity index is 0.00000300. The van der Waals surface area contributed by atoms with E-state index in [9.17, 15) is 14.9 Å². The highest BCUT2D eigenvalue weighted by Gasteiger charge is 2.33. The largest absolute Gasteiger partial charge is 0.384 e. The molecule has 0 aliphatic carbocycles. The Morgan fingerprint density at radius 3 is 2.79 bits per heavy atom. The fourth-order valence-corrected chi connectivity index (χ4v) is 3.51. The van der Waals surface area contributed by atoms with Gasteiger partial charge < -0.3 is 15.4 Å². The third kappa shape index (κ3) is 5.08. The lowest BCUT2D eigenvalue weighted by atomic mass is 9.79. The fourth-order valence-electron chi connectivity index (χ4n) is 3.51. The smallest absolute Gasteiger partial charge is 0.273 e. The molecule has 1 fully saturated rings. The summed E-state index contributed by atoms with van der Waals surface area (Å²) in [4.78, 5) is 23.2. The van der Waals surface area contributed by atoms with Crippen LogP contribution < -0.4 is 10.6 Å². The van der Waals surface area contributed by atoms with E-state index >= 15 is 0 Å². The molecule has 0 saturated carbocycles. The zero-order valence-corrected chi connectivity index (χ0v) is 17.2. The monoisotopic (exact) mass is 424 g/mol. The number of nitrogens with one attached hydrogen (secondary N) is 2. The van der Waals surface area contributed by atoms with E-state index in [0.717, 1.165) is 25.9 Å². The highest BCUT2D eigenvalue weighted by atomic mass is 35.5. The number of hydrogen-bond donors (Lipinski definition) is 2. The molecule has 0 unspecified atom stereocenters. The number of hydrogen-bond acceptors (Lipinski definition) is 7. The number of methoxy groups -OCH3 is 1. The Kier molecular flexibility index (Phi) is 7.66. The number of amides is 1. The molecule has 1 aromatic carbocycles. The van der Waals surface area contributed by atoms with Gasteiger partial charge in [0.25, 0.3) is 11.6 Å². The number of carbonyl (C=O) groups excluding carboxylic acids is 1. The Morgan fingerprint density at radius 1 is 1.41 bits per heavy atom. The van der Waals surface area contributed by atoms with Crippen LogP contribution >= 0.6 is 12.4 Å². The predicted molar refractivity (Wildman–Crippen MR) is 109 cm³/mol. The number of ether oxygens (including phenoxy) is 1. The lowest BCUT2D eigenvalue weighted by molar-refractivity contribution is -0.384. The van der Waals surface area contributed by atoms with Crippen molar-refractivity contribution < 1.29 is 14.5 Å². The van der Waals surface area contributed by atoms with Gasteiger partial charge in [0.05, 0.1) is 22.9 Å². The topological polar surface area (TPSA) is 124 Å². The number of benzene rings is 1. The number of nitrogens with zero attached hydrogens (tertiary/aromatic N) is 4. The molecule has 3 rings (SSSR count). The molecule has 0 radical (unpaired) electrons. The number of aromatic nitrogens is 3. The van der Waals surface area contributed by atoms with Gasteiger partial charge in [0.15, 0.2) is 5.69 Å². The van der Waals surface area contributed by atoms with Crippen LogP contribution in [0.5, 0.6) is 0 Å². The summed E-state index contributed by atoms with van der Waals surface area (Å²) in [5.41, 5.74) is 1.05. The van der Waals surface area contributed by atoms with Gasteiger partial charge in [-0.05, 0) is 38.9 Å². The molecule has 158 valence electrons. The van der Waals surface area contributed by atoms with Crippen molar-refractivity contribution in [3.63, 3.8) is 0 Å². The number of piperidine rings is 1. The minimum absolute atomic E-state index is 0. The van der Waals surface area contributed by atoms with Crippen molar-refractivity contribution in [3.05, 3.63) is 45.8 Å². The van der Waals surface area contributed by atoms with Gasteiger partial charge in [-0.15, -0.1) is 17.5 Å². The van der Waals surface area contributed by atoms with Crippen LogP contribution in [0.1, 0.15) is 29.0 Å². The highest BCUT2D eigenvalue weighted by Crippen LogP contribution is 2.28. The van der Waals surface area contributed by atoms with Crippen LogP contribution in [0.2, 0.25) is 0 Å². The first-order chi connectivity index (χ1) is 13.5. The van der Waals surface area contributed by atoms with E-state index in [0.29, 0.717) is 24.5 Å². The first-order valence-electron chi connectivity index (χ1n) is 9.11. The van der Waals surface area contributed by atoms with E-state index in [2.05, 4.69) is 20.9 Å². The number of nitro groups is 1. The van der Waals surface area contributed by atoms with Gasteiger partial charge in [-0.25, -0.2) is 4.68 Å². The third-order valence-corrected chi connectivity index (χ3v) is 5.13. The first kappa shape index (κ1) is 22.7. The summed E-state index contributed by atoms with van der Waals surface area (Å²) in [6.45, 7) is 4.56. The number of nitro benzene ring substituents is 1. The second-order valence-corrected chi connectivity index (χ2v) is 7.08. The normalized spacial score (nSPS) is 15.4. The highest BCUT2D eigenvalue weighted by molar-refractivity contribution is 5.93. The average molecular weight is 425 g/mol. The SMILES string of the molecule is COCC1(CNC(=O)c2nnn(-c3cccc([N+](=O)[O-])c3)c2C)CCNCC1.Cl. The molecule has 0 bridgehead atoms. The second-order valence-electron chi connectivity index (χ2n) is 7.08. The summed E-state index contributed by atoms with van der Waals surface area (Å²) in [6.07, 6.45) is 1.83. The van der Waals surface area contributed by atoms with Crippen molar-refractivity contribution in [1.29, 1.82) is 0 Å². The molecule has 1 aliphatic heterocycles. The maximum atomic E-state index is 12.7. The Bertz CT molecular complexity index is 860. The molecule has 11 heteroatoms. The first-order valence-corrected chi connectivity index (χ1v) is 9.11. The third-order valence-electron chi connectivity index (χ3n) is 5.13. The van der Waals surface area contributed by atoms with Crippen molar-refractivity contribution in [2.45, 2.75) is 19.8 Å². The minimum Gasteiger partial charge on any atom is -0.384 e. The zero-order chi connectivity index (χ0) is 20.1. The lowest BCUT2D eigenvalue weighted by Crippen LogP contribution is -2.47. The van der Waals surface area contributed by atoms with Crippen LogP contribution in [0, 0.1) is 22.5 Å². The summed E-state index contributed by atoms with van der Waals surface area (Å²) in [5, 5.41) is 25.3. The second kappa shape index (κ2) is 9.77. The number of rotatable bonds is 7. The van der Waals surface area contributed by atoms with Crippen LogP contribution in [0.25, 0.3) is 5.69 Å². The molecule has 2 aromatic rings. The molecule has 0 atom stereocenters. The lowest BCUT2D eigenvalue weighted by Gasteiger charge is -2.37. The van der Waals surface area contributed by atoms with Gasteiger partial charge in [0.1, 0.15) is 0 Å². The Labute approximate surface area is 174 Å². The van der Waals surface area contributed by atoms with Crippen LogP contribution in [0.15, 0.2) is 24.3 Å². The van der Waals surface area contributed by atoms with Gasteiger partial charge in [-0.2, -0.15) is 0 Å². The van der Waals surface area contributed by atoms with Crippen LogP contribution in [-0.2, 0) is 4.74 Å². The number of non-ortho nitro benzene ring substituents is 1. The molecule has 1 amide bonds. The van der Waals surface area contributed by atoms with Crippen LogP contribution in [-0.4, -0.2) is 59.2 Å². The average Bonchev–Trinajstić information content (AvgIpc) is 3.09. The molecule has 2 heterocycles. The van der Waals surface area contributed by atoms with Gasteiger partial charge in [-0.1, -0.05) is 11.3 Å². The molecule has 29 heavy (non-hydrogen) atoms. The van der Waals surface area contributed by atoms with Crippen LogP contribution in [0.4, 0.5) is 5.69 Å². The maximum Gasteiger partial charge on any atom is 0.273 e. The quantitative estimate of drug-likeness (QED) is 0.511. The Hall–Kier alpha value is -2.56. The van der Waals surface area contributed by atoms with Crippen molar-refractivity contribution in [3.8, 4) is 5.69 Å². The van der Waals surface area contributed by atoms with E-state index in [1.54, 1.807) is 26.2 Å². The number of halogens is 1.